The Morgan fingerprint density at radius 3 is 1.90 bits per heavy atom. The molecule has 6 aromatic rings. The van der Waals surface area contributed by atoms with Gasteiger partial charge in [0.05, 0.1) is 10.4 Å². The maximum Gasteiger partial charge on any atom is 0.247 e. The van der Waals surface area contributed by atoms with Gasteiger partial charge in [0.2, 0.25) is 6.71 Å². The summed E-state index contributed by atoms with van der Waals surface area (Å²) >= 11 is 1.95. The molecule has 2 aliphatic heterocycles. The van der Waals surface area contributed by atoms with Crippen LogP contribution in [0, 0.1) is 0 Å². The Kier molecular flexibility index (Phi) is 6.62. The van der Waals surface area contributed by atoms with Crippen molar-refractivity contribution in [2.75, 3.05) is 4.90 Å². The summed E-state index contributed by atoms with van der Waals surface area (Å²) in [6.07, 6.45) is 0. The molecular weight excluding hydrogens is 597 g/mol. The largest absolute Gasteiger partial charge is 0.310 e. The normalized spacial score (nSPS) is 15.5. The van der Waals surface area contributed by atoms with Crippen LogP contribution in [-0.2, 0) is 21.7 Å². The van der Waals surface area contributed by atoms with E-state index >= 15 is 0 Å². The summed E-state index contributed by atoms with van der Waals surface area (Å²) in [5.74, 6) is 0. The van der Waals surface area contributed by atoms with Gasteiger partial charge in [0.1, 0.15) is 0 Å². The van der Waals surface area contributed by atoms with Gasteiger partial charge in [0.15, 0.2) is 0 Å². The molecule has 242 valence electrons. The van der Waals surface area contributed by atoms with Crippen LogP contribution in [0.1, 0.15) is 104 Å². The monoisotopic (exact) mass is 645 g/mol. The molecule has 0 aliphatic carbocycles. The second kappa shape index (κ2) is 10.1. The minimum Gasteiger partial charge on any atom is -0.310 e. The predicted molar refractivity (Wildman–Crippen MR) is 213 cm³/mol. The molecule has 48 heavy (non-hydrogen) atoms. The van der Waals surface area contributed by atoms with E-state index in [-0.39, 0.29) is 28.4 Å². The maximum atomic E-state index is 2.64. The van der Waals surface area contributed by atoms with E-state index in [2.05, 4.69) is 172 Å². The molecule has 3 heterocycles. The Morgan fingerprint density at radius 1 is 0.583 bits per heavy atom. The van der Waals surface area contributed by atoms with E-state index in [9.17, 15) is 0 Å². The molecular formula is C45H48BNS. The highest BCUT2D eigenvalue weighted by molar-refractivity contribution is 7.26. The van der Waals surface area contributed by atoms with Crippen LogP contribution in [0.2, 0.25) is 0 Å². The summed E-state index contributed by atoms with van der Waals surface area (Å²) in [7, 11) is 0. The average Bonchev–Trinajstić information content (AvgIpc) is 3.40. The summed E-state index contributed by atoms with van der Waals surface area (Å²) in [4.78, 5) is 2.64. The fourth-order valence-electron chi connectivity index (χ4n) is 8.29. The molecule has 5 aromatic carbocycles. The van der Waals surface area contributed by atoms with E-state index in [0.29, 0.717) is 0 Å². The zero-order valence-corrected chi connectivity index (χ0v) is 31.4. The highest BCUT2D eigenvalue weighted by atomic mass is 32.1. The SMILES string of the molecule is CC(C)(C)c1ccc(N2c3cc(C(C)(C)C)cc4c3B(c3cc(C(C)(C)C)ccc3C4(C)C)c3ccc4c(sc5ccccc54)c32)cc1. The van der Waals surface area contributed by atoms with Gasteiger partial charge in [0.25, 0.3) is 0 Å². The number of rotatable bonds is 1. The number of hydrogen-bond acceptors (Lipinski definition) is 2. The Labute approximate surface area is 292 Å². The third-order valence-electron chi connectivity index (χ3n) is 11.2. The second-order valence-corrected chi connectivity index (χ2v) is 19.0. The van der Waals surface area contributed by atoms with E-state index in [1.807, 2.05) is 11.3 Å². The predicted octanol–water partition coefficient (Wildman–Crippen LogP) is 10.9. The van der Waals surface area contributed by atoms with Gasteiger partial charge < -0.3 is 4.90 Å². The summed E-state index contributed by atoms with van der Waals surface area (Å²) in [5.41, 5.74) is 15.3. The van der Waals surface area contributed by atoms with Crippen LogP contribution in [-0.4, -0.2) is 6.71 Å². The Bertz CT molecular complexity index is 2260. The first-order chi connectivity index (χ1) is 22.5. The Morgan fingerprint density at radius 2 is 1.23 bits per heavy atom. The van der Waals surface area contributed by atoms with Crippen LogP contribution in [0.25, 0.3) is 20.2 Å². The highest BCUT2D eigenvalue weighted by Crippen LogP contribution is 2.49. The van der Waals surface area contributed by atoms with E-state index in [1.54, 1.807) is 0 Å². The van der Waals surface area contributed by atoms with Crippen molar-refractivity contribution in [1.29, 1.82) is 0 Å². The van der Waals surface area contributed by atoms with Gasteiger partial charge in [-0.1, -0.05) is 148 Å². The molecule has 0 amide bonds. The Balaban J connectivity index is 1.54. The number of benzene rings is 5. The van der Waals surface area contributed by atoms with Gasteiger partial charge in [-0.15, -0.1) is 11.3 Å². The summed E-state index contributed by atoms with van der Waals surface area (Å²) in [6, 6.07) is 35.7. The smallest absolute Gasteiger partial charge is 0.247 e. The topological polar surface area (TPSA) is 3.24 Å². The number of thiophene rings is 1. The zero-order chi connectivity index (χ0) is 34.1. The molecule has 0 saturated heterocycles. The number of nitrogens with zero attached hydrogens (tertiary/aromatic N) is 1. The summed E-state index contributed by atoms with van der Waals surface area (Å²) in [6.45, 7) is 26.1. The van der Waals surface area contributed by atoms with Crippen LogP contribution >= 0.6 is 11.3 Å². The quantitative estimate of drug-likeness (QED) is 0.161. The van der Waals surface area contributed by atoms with Crippen molar-refractivity contribution in [2.24, 2.45) is 0 Å². The first kappa shape index (κ1) is 31.5. The minimum absolute atomic E-state index is 0.000857. The molecule has 0 spiro atoms. The number of fused-ring (bicyclic) bond motifs is 8. The van der Waals surface area contributed by atoms with Gasteiger partial charge in [0, 0.05) is 32.3 Å². The van der Waals surface area contributed by atoms with Crippen LogP contribution in [0.15, 0.2) is 91.0 Å². The first-order valence-corrected chi connectivity index (χ1v) is 18.5. The van der Waals surface area contributed by atoms with Gasteiger partial charge in [-0.2, -0.15) is 0 Å². The van der Waals surface area contributed by atoms with Gasteiger partial charge >= 0.3 is 0 Å². The maximum absolute atomic E-state index is 2.64. The molecule has 0 fully saturated rings. The molecule has 0 atom stereocenters. The van der Waals surface area contributed by atoms with Crippen molar-refractivity contribution in [3.05, 3.63) is 119 Å². The standard InChI is InChI=1S/C45H48BNS/c1-42(2,3)27-16-19-30(20-17-27)47-37-26-29(44(7,8)9)24-34-39(37)46(36-25-28(43(4,5)6)18-22-33(36)45(34,10)11)35-23-21-32-31-14-12-13-15-38(31)48-41(32)40(35)47/h12-26H,1-11H3. The average molecular weight is 646 g/mol. The molecule has 2 aliphatic rings. The second-order valence-electron chi connectivity index (χ2n) is 17.9. The van der Waals surface area contributed by atoms with Gasteiger partial charge in [-0.25, -0.2) is 0 Å². The van der Waals surface area contributed by atoms with Crippen LogP contribution in [0.5, 0.6) is 0 Å². The molecule has 0 radical (unpaired) electrons. The van der Waals surface area contributed by atoms with E-state index in [4.69, 9.17) is 0 Å². The highest BCUT2D eigenvalue weighted by Gasteiger charge is 2.47. The van der Waals surface area contributed by atoms with E-state index in [0.717, 1.165) is 0 Å². The lowest BCUT2D eigenvalue weighted by atomic mass is 9.30. The lowest BCUT2D eigenvalue weighted by Gasteiger charge is -2.46. The van der Waals surface area contributed by atoms with Crippen LogP contribution in [0.4, 0.5) is 17.1 Å². The van der Waals surface area contributed by atoms with Crippen molar-refractivity contribution in [1.82, 2.24) is 0 Å². The van der Waals surface area contributed by atoms with Gasteiger partial charge in [-0.3, -0.25) is 0 Å². The third-order valence-corrected chi connectivity index (χ3v) is 12.4. The molecule has 0 saturated carbocycles. The van der Waals surface area contributed by atoms with Gasteiger partial charge in [-0.05, 0) is 79.3 Å². The summed E-state index contributed by atoms with van der Waals surface area (Å²) in [5, 5.41) is 2.69. The van der Waals surface area contributed by atoms with Crippen molar-refractivity contribution < 1.29 is 0 Å². The molecule has 0 bridgehead atoms. The van der Waals surface area contributed by atoms with Crippen molar-refractivity contribution in [3.8, 4) is 0 Å². The Hall–Kier alpha value is -3.82. The lowest BCUT2D eigenvalue weighted by molar-refractivity contribution is 0.580. The first-order valence-electron chi connectivity index (χ1n) is 17.6. The lowest BCUT2D eigenvalue weighted by Crippen LogP contribution is -2.64. The van der Waals surface area contributed by atoms with Crippen molar-refractivity contribution >= 4 is 71.7 Å². The van der Waals surface area contributed by atoms with Crippen molar-refractivity contribution in [3.63, 3.8) is 0 Å². The fourth-order valence-corrected chi connectivity index (χ4v) is 9.54. The zero-order valence-electron chi connectivity index (χ0n) is 30.6. The minimum atomic E-state index is -0.144. The summed E-state index contributed by atoms with van der Waals surface area (Å²) < 4.78 is 2.72. The van der Waals surface area contributed by atoms with Crippen LogP contribution in [0.3, 0.4) is 0 Å². The van der Waals surface area contributed by atoms with E-state index < -0.39 is 0 Å². The van der Waals surface area contributed by atoms with Crippen molar-refractivity contribution in [2.45, 2.75) is 97.8 Å². The molecule has 1 aromatic heterocycles. The number of anilines is 3. The molecule has 1 nitrogen and oxygen atoms in total. The molecule has 8 rings (SSSR count). The molecule has 3 heteroatoms. The molecule has 0 N–H and O–H groups in total. The van der Waals surface area contributed by atoms with E-state index in [1.165, 1.54) is 81.4 Å². The molecule has 0 unspecified atom stereocenters. The van der Waals surface area contributed by atoms with Crippen LogP contribution < -0.4 is 21.3 Å². The third kappa shape index (κ3) is 4.57. The number of hydrogen-bond donors (Lipinski definition) is 0. The fraction of sp³-hybridized carbons (Fsp3) is 0.333.